The molecular weight excluding hydrogens is 149 g/mol. The number of hydrogen-bond donors (Lipinski definition) is 1. The molecule has 1 rings (SSSR count). The van der Waals surface area contributed by atoms with Crippen LogP contribution < -0.4 is 5.84 Å². The lowest BCUT2D eigenvalue weighted by Gasteiger charge is -2.01. The molecule has 10 heavy (non-hydrogen) atoms. The first-order chi connectivity index (χ1) is 4.52. The normalized spacial score (nSPS) is 11.9. The largest absolute Gasteiger partial charge is 0.453 e. The van der Waals surface area contributed by atoms with Crippen LogP contribution in [0, 0.1) is 6.33 Å². The van der Waals surface area contributed by atoms with Gasteiger partial charge in [-0.3, -0.25) is 0 Å². The van der Waals surface area contributed by atoms with Crippen LogP contribution in [0.1, 0.15) is 5.82 Å². The summed E-state index contributed by atoms with van der Waals surface area (Å²) in [5, 5.41) is 5.53. The van der Waals surface area contributed by atoms with Gasteiger partial charge in [-0.2, -0.15) is 13.2 Å². The SMILES string of the molecule is Nn1[c]nnc1C(F)(F)F. The Balaban J connectivity index is 3.05. The Labute approximate surface area is 53.4 Å². The molecule has 0 unspecified atom stereocenters. The first kappa shape index (κ1) is 6.84. The molecule has 0 aliphatic carbocycles. The summed E-state index contributed by atoms with van der Waals surface area (Å²) in [5.74, 6) is 3.49. The van der Waals surface area contributed by atoms with Crippen molar-refractivity contribution >= 4 is 0 Å². The highest BCUT2D eigenvalue weighted by Gasteiger charge is 2.36. The fraction of sp³-hybridized carbons (Fsp3) is 0.333. The Morgan fingerprint density at radius 3 is 2.30 bits per heavy atom. The molecule has 2 N–H and O–H groups in total. The van der Waals surface area contributed by atoms with Gasteiger partial charge in [0.2, 0.25) is 6.33 Å². The Kier molecular flexibility index (Phi) is 1.27. The van der Waals surface area contributed by atoms with Gasteiger partial charge in [0.1, 0.15) is 0 Å². The fourth-order valence-corrected chi connectivity index (χ4v) is 0.407. The summed E-state index contributed by atoms with van der Waals surface area (Å²) in [4.78, 5) is 0. The number of nitrogens with two attached hydrogens (primary N) is 1. The number of rotatable bonds is 0. The summed E-state index contributed by atoms with van der Waals surface area (Å²) in [7, 11) is 0. The van der Waals surface area contributed by atoms with Crippen molar-refractivity contribution in [2.24, 2.45) is 0 Å². The van der Waals surface area contributed by atoms with Crippen molar-refractivity contribution in [3.63, 3.8) is 0 Å². The lowest BCUT2D eigenvalue weighted by Crippen LogP contribution is -2.19. The van der Waals surface area contributed by atoms with Gasteiger partial charge in [-0.1, -0.05) is 0 Å². The van der Waals surface area contributed by atoms with E-state index in [4.69, 9.17) is 5.84 Å². The second-order valence-corrected chi connectivity index (χ2v) is 1.49. The van der Waals surface area contributed by atoms with Gasteiger partial charge in [0.15, 0.2) is 0 Å². The zero-order valence-corrected chi connectivity index (χ0v) is 4.55. The predicted octanol–water partition coefficient (Wildman–Crippen LogP) is -0.189. The Hall–Kier alpha value is -1.27. The van der Waals surface area contributed by atoms with E-state index in [0.29, 0.717) is 0 Å². The van der Waals surface area contributed by atoms with Crippen LogP contribution in [0.3, 0.4) is 0 Å². The van der Waals surface area contributed by atoms with Gasteiger partial charge in [0.25, 0.3) is 5.82 Å². The van der Waals surface area contributed by atoms with Gasteiger partial charge < -0.3 is 5.84 Å². The van der Waals surface area contributed by atoms with E-state index in [1.807, 2.05) is 0 Å². The van der Waals surface area contributed by atoms with Crippen LogP contribution in [0.5, 0.6) is 0 Å². The quantitative estimate of drug-likeness (QED) is 0.523. The molecule has 1 heterocycles. The monoisotopic (exact) mass is 151 g/mol. The molecule has 0 amide bonds. The van der Waals surface area contributed by atoms with E-state index >= 15 is 0 Å². The van der Waals surface area contributed by atoms with E-state index < -0.39 is 12.0 Å². The van der Waals surface area contributed by atoms with Crippen molar-refractivity contribution in [1.82, 2.24) is 14.9 Å². The third-order valence-corrected chi connectivity index (χ3v) is 0.779. The molecule has 0 aromatic carbocycles. The second-order valence-electron chi connectivity index (χ2n) is 1.49. The van der Waals surface area contributed by atoms with Gasteiger partial charge >= 0.3 is 6.18 Å². The van der Waals surface area contributed by atoms with Gasteiger partial charge in [-0.15, -0.1) is 10.2 Å². The molecule has 1 aromatic rings. The van der Waals surface area contributed by atoms with Crippen molar-refractivity contribution in [2.75, 3.05) is 5.84 Å². The summed E-state index contributed by atoms with van der Waals surface area (Å²) in [5.41, 5.74) is 0. The topological polar surface area (TPSA) is 56.7 Å². The van der Waals surface area contributed by atoms with Gasteiger partial charge in [0, 0.05) is 0 Å². The van der Waals surface area contributed by atoms with Gasteiger partial charge in [0.05, 0.1) is 0 Å². The maximum absolute atomic E-state index is 11.7. The number of halogens is 3. The first-order valence-corrected chi connectivity index (χ1v) is 2.17. The molecule has 4 nitrogen and oxygen atoms in total. The Bertz CT molecular complexity index is 226. The highest BCUT2D eigenvalue weighted by atomic mass is 19.4. The maximum atomic E-state index is 11.7. The average molecular weight is 151 g/mol. The molecule has 0 aliphatic rings. The minimum absolute atomic E-state index is 0.194. The van der Waals surface area contributed by atoms with Crippen molar-refractivity contribution in [2.45, 2.75) is 6.18 Å². The van der Waals surface area contributed by atoms with Crippen LogP contribution in [0.2, 0.25) is 0 Å². The minimum atomic E-state index is -4.55. The zero-order valence-electron chi connectivity index (χ0n) is 4.55. The number of nitrogen functional groups attached to an aromatic ring is 1. The maximum Gasteiger partial charge on any atom is 0.453 e. The van der Waals surface area contributed by atoms with Crippen LogP contribution in [0.25, 0.3) is 0 Å². The predicted molar refractivity (Wildman–Crippen MR) is 24.0 cm³/mol. The summed E-state index contributed by atoms with van der Waals surface area (Å²) in [6.07, 6.45) is -2.77. The van der Waals surface area contributed by atoms with Crippen LogP contribution in [-0.2, 0) is 6.18 Å². The van der Waals surface area contributed by atoms with Crippen LogP contribution in [0.4, 0.5) is 13.2 Å². The second kappa shape index (κ2) is 1.86. The van der Waals surface area contributed by atoms with Crippen molar-refractivity contribution in [3.05, 3.63) is 12.2 Å². The van der Waals surface area contributed by atoms with E-state index in [0.717, 1.165) is 0 Å². The lowest BCUT2D eigenvalue weighted by atomic mass is 10.6. The van der Waals surface area contributed by atoms with Crippen molar-refractivity contribution in [3.8, 4) is 0 Å². The zero-order chi connectivity index (χ0) is 7.78. The van der Waals surface area contributed by atoms with Crippen molar-refractivity contribution in [1.29, 1.82) is 0 Å². The summed E-state index contributed by atoms with van der Waals surface area (Å²) in [6.45, 7) is 0. The van der Waals surface area contributed by atoms with Crippen LogP contribution in [-0.4, -0.2) is 14.9 Å². The number of alkyl halides is 3. The van der Waals surface area contributed by atoms with Gasteiger partial charge in [-0.25, -0.2) is 4.68 Å². The molecule has 55 valence electrons. The third kappa shape index (κ3) is 1.02. The Morgan fingerprint density at radius 1 is 1.50 bits per heavy atom. The van der Waals surface area contributed by atoms with E-state index in [9.17, 15) is 13.2 Å². The van der Waals surface area contributed by atoms with E-state index in [-0.39, 0.29) is 4.68 Å². The average Bonchev–Trinajstić information content (AvgIpc) is 2.11. The highest BCUT2D eigenvalue weighted by Crippen LogP contribution is 2.25. The Morgan fingerprint density at radius 2 is 2.10 bits per heavy atom. The molecule has 1 aromatic heterocycles. The fourth-order valence-electron chi connectivity index (χ4n) is 0.407. The molecule has 1 radical (unpaired) electrons. The molecule has 7 heteroatoms. The van der Waals surface area contributed by atoms with Gasteiger partial charge in [-0.05, 0) is 0 Å². The molecular formula is C3H2F3N4. The van der Waals surface area contributed by atoms with E-state index in [1.165, 1.54) is 0 Å². The minimum Gasteiger partial charge on any atom is -0.336 e. The first-order valence-electron chi connectivity index (χ1n) is 2.17. The molecule has 0 saturated carbocycles. The molecule has 0 aliphatic heterocycles. The van der Waals surface area contributed by atoms with E-state index in [1.54, 1.807) is 6.33 Å². The standard InChI is InChI=1S/C3H2F3N4/c4-3(5,6)2-9-8-1-10(2)7/h7H2. The molecule has 0 spiro atoms. The number of nitrogens with zero attached hydrogens (tertiary/aromatic N) is 3. The smallest absolute Gasteiger partial charge is 0.336 e. The van der Waals surface area contributed by atoms with Crippen LogP contribution in [0.15, 0.2) is 0 Å². The summed E-state index contributed by atoms with van der Waals surface area (Å²) < 4.78 is 35.2. The van der Waals surface area contributed by atoms with E-state index in [2.05, 4.69) is 10.2 Å². The molecule has 0 bridgehead atoms. The van der Waals surface area contributed by atoms with Crippen LogP contribution >= 0.6 is 0 Å². The lowest BCUT2D eigenvalue weighted by molar-refractivity contribution is -0.146. The molecule has 0 saturated heterocycles. The summed E-state index contributed by atoms with van der Waals surface area (Å²) >= 11 is 0. The molecule has 0 fully saturated rings. The highest BCUT2D eigenvalue weighted by molar-refractivity contribution is 4.89. The number of hydrogen-bond acceptors (Lipinski definition) is 3. The molecule has 0 atom stereocenters. The van der Waals surface area contributed by atoms with Crippen molar-refractivity contribution < 1.29 is 13.2 Å². The third-order valence-electron chi connectivity index (χ3n) is 0.779. The number of aromatic nitrogens is 3. The summed E-state index contributed by atoms with van der Waals surface area (Å²) in [6, 6.07) is 0.